The van der Waals surface area contributed by atoms with Crippen LogP contribution in [0.5, 0.6) is 0 Å². The van der Waals surface area contributed by atoms with Gasteiger partial charge in [-0.25, -0.2) is 0 Å². The third kappa shape index (κ3) is 1.30. The molecule has 0 amide bonds. The van der Waals surface area contributed by atoms with Crippen molar-refractivity contribution in [2.75, 3.05) is 5.08 Å². The number of carbonyl (C=O) groups is 1. The average Bonchev–Trinajstić information content (AvgIpc) is 2.06. The predicted molar refractivity (Wildman–Crippen MR) is 49.1 cm³/mol. The van der Waals surface area contributed by atoms with Gasteiger partial charge in [-0.2, -0.15) is 0 Å². The molecule has 2 rings (SSSR count). The Morgan fingerprint density at radius 2 is 2.00 bits per heavy atom. The fourth-order valence-corrected chi connectivity index (χ4v) is 3.05. The minimum atomic E-state index is 0.208. The minimum Gasteiger partial charge on any atom is -0.281 e. The van der Waals surface area contributed by atoms with Gasteiger partial charge in [0.15, 0.2) is 0 Å². The van der Waals surface area contributed by atoms with Gasteiger partial charge in [-0.05, 0) is 12.1 Å². The van der Waals surface area contributed by atoms with Crippen molar-refractivity contribution in [3.63, 3.8) is 0 Å². The van der Waals surface area contributed by atoms with Crippen LogP contribution in [0, 0.1) is 0 Å². The molecule has 56 valence electrons. The van der Waals surface area contributed by atoms with E-state index in [0.29, 0.717) is 0 Å². The van der Waals surface area contributed by atoms with Gasteiger partial charge < -0.3 is 0 Å². The van der Waals surface area contributed by atoms with E-state index >= 15 is 0 Å². The van der Waals surface area contributed by atoms with Crippen LogP contribution in [-0.2, 0) is 0 Å². The van der Waals surface area contributed by atoms with Gasteiger partial charge in [-0.15, -0.1) is 11.8 Å². The van der Waals surface area contributed by atoms with Gasteiger partial charge >= 0.3 is 0 Å². The molecule has 11 heavy (non-hydrogen) atoms. The summed E-state index contributed by atoms with van der Waals surface area (Å²) in [5, 5.41) is 1.06. The predicted octanol–water partition coefficient (Wildman–Crippen LogP) is 2.62. The molecule has 0 unspecified atom stereocenters. The highest BCUT2D eigenvalue weighted by Gasteiger charge is 2.16. The molecule has 0 aromatic heterocycles. The first-order valence-electron chi connectivity index (χ1n) is 3.27. The lowest BCUT2D eigenvalue weighted by Gasteiger charge is -2.11. The third-order valence-electron chi connectivity index (χ3n) is 1.51. The van der Waals surface area contributed by atoms with Gasteiger partial charge in [0.05, 0.1) is 5.08 Å². The summed E-state index contributed by atoms with van der Waals surface area (Å²) in [6.07, 6.45) is 0. The summed E-state index contributed by atoms with van der Waals surface area (Å²) in [6, 6.07) is 7.76. The zero-order valence-corrected chi connectivity index (χ0v) is 7.37. The van der Waals surface area contributed by atoms with Gasteiger partial charge in [-0.1, -0.05) is 23.9 Å². The third-order valence-corrected chi connectivity index (χ3v) is 3.60. The fraction of sp³-hybridized carbons (Fsp3) is 0.125. The lowest BCUT2D eigenvalue weighted by atomic mass is 10.2. The van der Waals surface area contributed by atoms with Crippen molar-refractivity contribution in [2.45, 2.75) is 4.90 Å². The van der Waals surface area contributed by atoms with E-state index in [9.17, 15) is 4.79 Å². The summed E-state index contributed by atoms with van der Waals surface area (Å²) in [5.74, 6) is 0. The fourth-order valence-electron chi connectivity index (χ4n) is 0.985. The molecular weight excluding hydrogens is 176 g/mol. The molecule has 0 aliphatic carbocycles. The Balaban J connectivity index is 2.52. The summed E-state index contributed by atoms with van der Waals surface area (Å²) in [7, 11) is 0. The van der Waals surface area contributed by atoms with E-state index in [-0.39, 0.29) is 5.12 Å². The largest absolute Gasteiger partial charge is 0.281 e. The maximum absolute atomic E-state index is 11.2. The molecule has 0 saturated carbocycles. The highest BCUT2D eigenvalue weighted by molar-refractivity contribution is 8.25. The number of hydrogen-bond donors (Lipinski definition) is 0. The molecule has 0 N–H and O–H groups in total. The molecule has 1 nitrogen and oxygen atoms in total. The molecular formula is C8H6OS2. The maximum Gasteiger partial charge on any atom is 0.221 e. The monoisotopic (exact) mass is 182 g/mol. The van der Waals surface area contributed by atoms with E-state index in [4.69, 9.17) is 0 Å². The van der Waals surface area contributed by atoms with Crippen LogP contribution < -0.4 is 0 Å². The van der Waals surface area contributed by atoms with Gasteiger partial charge in [-0.3, -0.25) is 4.79 Å². The van der Waals surface area contributed by atoms with Gasteiger partial charge in [0.2, 0.25) is 5.12 Å². The topological polar surface area (TPSA) is 17.1 Å². The first-order chi connectivity index (χ1) is 5.38. The van der Waals surface area contributed by atoms with Crippen LogP contribution in [-0.4, -0.2) is 10.2 Å². The van der Waals surface area contributed by atoms with Crippen molar-refractivity contribution in [1.29, 1.82) is 0 Å². The van der Waals surface area contributed by atoms with E-state index in [2.05, 4.69) is 0 Å². The van der Waals surface area contributed by atoms with Crippen molar-refractivity contribution in [3.8, 4) is 0 Å². The van der Waals surface area contributed by atoms with Crippen LogP contribution in [0.2, 0.25) is 0 Å². The van der Waals surface area contributed by atoms with Crippen molar-refractivity contribution < 1.29 is 4.79 Å². The average molecular weight is 182 g/mol. The molecule has 0 fully saturated rings. The Morgan fingerprint density at radius 3 is 2.82 bits per heavy atom. The quantitative estimate of drug-likeness (QED) is 0.614. The van der Waals surface area contributed by atoms with Crippen LogP contribution in [0.3, 0.4) is 0 Å². The Morgan fingerprint density at radius 1 is 1.18 bits per heavy atom. The molecule has 3 heteroatoms. The number of benzene rings is 1. The molecule has 0 atom stereocenters. The van der Waals surface area contributed by atoms with Crippen molar-refractivity contribution in [1.82, 2.24) is 0 Å². The van der Waals surface area contributed by atoms with Crippen LogP contribution in [0.1, 0.15) is 10.4 Å². The second-order valence-corrected chi connectivity index (χ2v) is 4.52. The summed E-state index contributed by atoms with van der Waals surface area (Å²) in [4.78, 5) is 12.4. The maximum atomic E-state index is 11.2. The number of fused-ring (bicyclic) bond motifs is 1. The molecule has 1 aliphatic rings. The summed E-state index contributed by atoms with van der Waals surface area (Å²) < 4.78 is 0. The highest BCUT2D eigenvalue weighted by atomic mass is 32.2. The zero-order valence-electron chi connectivity index (χ0n) is 5.74. The zero-order chi connectivity index (χ0) is 7.68. The van der Waals surface area contributed by atoms with E-state index < -0.39 is 0 Å². The van der Waals surface area contributed by atoms with E-state index in [1.165, 1.54) is 11.8 Å². The number of rotatable bonds is 0. The van der Waals surface area contributed by atoms with Gasteiger partial charge in [0, 0.05) is 10.5 Å². The lowest BCUT2D eigenvalue weighted by Crippen LogP contribution is -2.00. The molecule has 1 aromatic rings. The number of thioether (sulfide) groups is 2. The Labute approximate surface area is 73.6 Å². The number of hydrogen-bond acceptors (Lipinski definition) is 3. The normalized spacial score (nSPS) is 16.2. The van der Waals surface area contributed by atoms with Crippen LogP contribution in [0.15, 0.2) is 29.2 Å². The summed E-state index contributed by atoms with van der Waals surface area (Å²) in [6.45, 7) is 0. The minimum absolute atomic E-state index is 0.208. The van der Waals surface area contributed by atoms with Crippen molar-refractivity contribution >= 4 is 28.6 Å². The van der Waals surface area contributed by atoms with E-state index in [1.54, 1.807) is 11.8 Å². The molecule has 1 heterocycles. The second-order valence-electron chi connectivity index (χ2n) is 2.19. The molecule has 0 radical (unpaired) electrons. The molecule has 0 spiro atoms. The second kappa shape index (κ2) is 2.91. The van der Waals surface area contributed by atoms with Crippen LogP contribution in [0.25, 0.3) is 0 Å². The Hall–Kier alpha value is -0.410. The first kappa shape index (κ1) is 7.25. The standard InChI is InChI=1S/C8H6OS2/c9-8-6-3-1-2-4-7(6)10-5-11-8/h1-4H,5H2. The lowest BCUT2D eigenvalue weighted by molar-refractivity contribution is 0.108. The summed E-state index contributed by atoms with van der Waals surface area (Å²) >= 11 is 3.12. The molecule has 1 aromatic carbocycles. The van der Waals surface area contributed by atoms with Gasteiger partial charge in [0.25, 0.3) is 0 Å². The summed E-state index contributed by atoms with van der Waals surface area (Å²) in [5.41, 5.74) is 0.869. The van der Waals surface area contributed by atoms with Gasteiger partial charge in [0.1, 0.15) is 0 Å². The van der Waals surface area contributed by atoms with E-state index in [0.717, 1.165) is 15.5 Å². The Bertz CT molecular complexity index is 296. The van der Waals surface area contributed by atoms with Crippen LogP contribution in [0.4, 0.5) is 0 Å². The van der Waals surface area contributed by atoms with Crippen LogP contribution >= 0.6 is 23.5 Å². The van der Waals surface area contributed by atoms with Crippen molar-refractivity contribution in [3.05, 3.63) is 29.8 Å². The van der Waals surface area contributed by atoms with Crippen molar-refractivity contribution in [2.24, 2.45) is 0 Å². The number of carbonyl (C=O) groups excluding carboxylic acids is 1. The highest BCUT2D eigenvalue weighted by Crippen LogP contribution is 2.34. The first-order valence-corrected chi connectivity index (χ1v) is 5.24. The molecule has 0 bridgehead atoms. The smallest absolute Gasteiger partial charge is 0.221 e. The molecule has 0 saturated heterocycles. The SMILES string of the molecule is O=C1SCSc2ccccc21. The Kier molecular flexibility index (Phi) is 1.92. The van der Waals surface area contributed by atoms with E-state index in [1.807, 2.05) is 24.3 Å². The molecule has 1 aliphatic heterocycles.